The Morgan fingerprint density at radius 1 is 1.17 bits per heavy atom. The minimum atomic E-state index is -3.88. The number of esters is 1. The Balaban J connectivity index is 1.90. The highest BCUT2D eigenvalue weighted by atomic mass is 32.2. The summed E-state index contributed by atoms with van der Waals surface area (Å²) in [6, 6.07) is 11.3. The summed E-state index contributed by atoms with van der Waals surface area (Å²) in [7, 11) is -2.52. The summed E-state index contributed by atoms with van der Waals surface area (Å²) in [5.74, 6) is -1.13. The second-order valence-electron chi connectivity index (χ2n) is 6.35. The minimum Gasteiger partial charge on any atom is -0.496 e. The van der Waals surface area contributed by atoms with E-state index in [4.69, 9.17) is 9.47 Å². The number of carbonyl (C=O) groups is 2. The Morgan fingerprint density at radius 2 is 1.93 bits per heavy atom. The van der Waals surface area contributed by atoms with Gasteiger partial charge in [0.1, 0.15) is 11.3 Å². The van der Waals surface area contributed by atoms with E-state index in [1.165, 1.54) is 29.6 Å². The third-order valence-electron chi connectivity index (χ3n) is 4.53. The van der Waals surface area contributed by atoms with Gasteiger partial charge in [-0.3, -0.25) is 9.10 Å². The molecule has 1 aliphatic heterocycles. The first kappa shape index (κ1) is 20.7. The Morgan fingerprint density at radius 3 is 2.66 bits per heavy atom. The van der Waals surface area contributed by atoms with Crippen LogP contribution in [0, 0.1) is 0 Å². The molecule has 0 aliphatic carbocycles. The van der Waals surface area contributed by atoms with Crippen LogP contribution in [0.2, 0.25) is 0 Å². The molecule has 9 heteroatoms. The van der Waals surface area contributed by atoms with Crippen molar-refractivity contribution < 1.29 is 27.5 Å². The first-order valence-electron chi connectivity index (χ1n) is 9.11. The number of carbonyl (C=O) groups excluding carboxylic acids is 2. The normalized spacial score (nSPS) is 13.0. The second kappa shape index (κ2) is 8.52. The summed E-state index contributed by atoms with van der Waals surface area (Å²) >= 11 is 0. The number of ether oxygens (including phenoxy) is 2. The molecule has 0 atom stereocenters. The number of methoxy groups -OCH3 is 1. The second-order valence-corrected chi connectivity index (χ2v) is 8.21. The van der Waals surface area contributed by atoms with Gasteiger partial charge in [0, 0.05) is 13.1 Å². The number of benzene rings is 2. The number of hydrogen-bond acceptors (Lipinski definition) is 6. The van der Waals surface area contributed by atoms with Crippen LogP contribution in [-0.4, -0.2) is 47.1 Å². The molecule has 0 aromatic heterocycles. The highest BCUT2D eigenvalue weighted by molar-refractivity contribution is 7.92. The molecular weight excluding hydrogens is 396 g/mol. The largest absolute Gasteiger partial charge is 0.496 e. The molecule has 0 bridgehead atoms. The quantitative estimate of drug-likeness (QED) is 0.687. The van der Waals surface area contributed by atoms with Crippen LogP contribution >= 0.6 is 0 Å². The summed E-state index contributed by atoms with van der Waals surface area (Å²) in [6.45, 7) is 2.01. The maximum atomic E-state index is 13.2. The van der Waals surface area contributed by atoms with Crippen molar-refractivity contribution >= 4 is 27.6 Å². The van der Waals surface area contributed by atoms with Crippen molar-refractivity contribution in [2.24, 2.45) is 0 Å². The van der Waals surface area contributed by atoms with Crippen molar-refractivity contribution in [2.75, 3.05) is 31.1 Å². The van der Waals surface area contributed by atoms with Crippen LogP contribution in [-0.2, 0) is 26.0 Å². The van der Waals surface area contributed by atoms with Gasteiger partial charge in [0.25, 0.3) is 15.9 Å². The lowest BCUT2D eigenvalue weighted by atomic mass is 10.2. The predicted molar refractivity (Wildman–Crippen MR) is 107 cm³/mol. The molecule has 0 spiro atoms. The van der Waals surface area contributed by atoms with Crippen molar-refractivity contribution in [1.82, 2.24) is 5.32 Å². The van der Waals surface area contributed by atoms with Crippen molar-refractivity contribution in [3.05, 3.63) is 53.6 Å². The predicted octanol–water partition coefficient (Wildman–Crippen LogP) is 1.74. The SMILES string of the molecule is CCNC(=O)COC(=O)c1cc(S(=O)(=O)N2CCc3ccccc32)ccc1OC. The standard InChI is InChI=1S/C20H22N2O6S/c1-3-21-19(23)13-28-20(24)16-12-15(8-9-18(16)27-2)29(25,26)22-11-10-14-6-4-5-7-17(14)22/h4-9,12H,3,10-11,13H2,1-2H3,(H,21,23). The van der Waals surface area contributed by atoms with Crippen LogP contribution in [0.5, 0.6) is 5.75 Å². The van der Waals surface area contributed by atoms with E-state index in [0.717, 1.165) is 5.56 Å². The molecule has 0 fully saturated rings. The van der Waals surface area contributed by atoms with E-state index >= 15 is 0 Å². The number of anilines is 1. The number of rotatable bonds is 7. The number of likely N-dealkylation sites (N-methyl/N-ethyl adjacent to an activating group) is 1. The van der Waals surface area contributed by atoms with Crippen LogP contribution in [0.15, 0.2) is 47.4 Å². The molecule has 1 aliphatic rings. The Bertz CT molecular complexity index is 1040. The fraction of sp³-hybridized carbons (Fsp3) is 0.300. The van der Waals surface area contributed by atoms with E-state index in [-0.39, 0.29) is 16.2 Å². The van der Waals surface area contributed by atoms with Crippen LogP contribution in [0.1, 0.15) is 22.8 Å². The van der Waals surface area contributed by atoms with Crippen molar-refractivity contribution in [2.45, 2.75) is 18.2 Å². The third kappa shape index (κ3) is 4.19. The molecule has 1 heterocycles. The van der Waals surface area contributed by atoms with Gasteiger partial charge in [-0.15, -0.1) is 0 Å². The summed E-state index contributed by atoms with van der Waals surface area (Å²) in [5, 5.41) is 2.51. The van der Waals surface area contributed by atoms with Gasteiger partial charge >= 0.3 is 5.97 Å². The van der Waals surface area contributed by atoms with Gasteiger partial charge in [-0.2, -0.15) is 0 Å². The molecule has 1 N–H and O–H groups in total. The Hall–Kier alpha value is -3.07. The minimum absolute atomic E-state index is 0.0556. The van der Waals surface area contributed by atoms with E-state index in [0.29, 0.717) is 25.2 Å². The zero-order chi connectivity index (χ0) is 21.0. The lowest BCUT2D eigenvalue weighted by Gasteiger charge is -2.20. The van der Waals surface area contributed by atoms with Gasteiger partial charge in [0.15, 0.2) is 6.61 Å². The van der Waals surface area contributed by atoms with Crippen LogP contribution in [0.3, 0.4) is 0 Å². The Kier molecular flexibility index (Phi) is 6.07. The maximum absolute atomic E-state index is 13.2. The number of fused-ring (bicyclic) bond motifs is 1. The molecule has 3 rings (SSSR count). The Labute approximate surface area is 169 Å². The van der Waals surface area contributed by atoms with Crippen LogP contribution < -0.4 is 14.4 Å². The molecule has 0 radical (unpaired) electrons. The maximum Gasteiger partial charge on any atom is 0.342 e. The number of para-hydroxylation sites is 1. The van der Waals surface area contributed by atoms with Crippen molar-refractivity contribution in [1.29, 1.82) is 0 Å². The lowest BCUT2D eigenvalue weighted by molar-refractivity contribution is -0.124. The topological polar surface area (TPSA) is 102 Å². The van der Waals surface area contributed by atoms with E-state index < -0.39 is 28.5 Å². The first-order chi connectivity index (χ1) is 13.9. The summed E-state index contributed by atoms with van der Waals surface area (Å²) in [4.78, 5) is 23.9. The van der Waals surface area contributed by atoms with Gasteiger partial charge in [-0.05, 0) is 43.2 Å². The average molecular weight is 418 g/mol. The molecule has 8 nitrogen and oxygen atoms in total. The third-order valence-corrected chi connectivity index (χ3v) is 6.34. The first-order valence-corrected chi connectivity index (χ1v) is 10.5. The molecule has 0 saturated heterocycles. The van der Waals surface area contributed by atoms with Gasteiger partial charge in [-0.25, -0.2) is 13.2 Å². The zero-order valence-electron chi connectivity index (χ0n) is 16.2. The monoisotopic (exact) mass is 418 g/mol. The van der Waals surface area contributed by atoms with E-state index in [1.54, 1.807) is 19.1 Å². The highest BCUT2D eigenvalue weighted by Gasteiger charge is 2.31. The molecule has 0 saturated carbocycles. The molecule has 2 aromatic rings. The van der Waals surface area contributed by atoms with E-state index in [1.807, 2.05) is 12.1 Å². The van der Waals surface area contributed by atoms with Crippen LogP contribution in [0.25, 0.3) is 0 Å². The number of sulfonamides is 1. The lowest BCUT2D eigenvalue weighted by Crippen LogP contribution is -2.30. The van der Waals surface area contributed by atoms with E-state index in [9.17, 15) is 18.0 Å². The molecule has 2 aromatic carbocycles. The van der Waals surface area contributed by atoms with Crippen LogP contribution in [0.4, 0.5) is 5.69 Å². The molecule has 29 heavy (non-hydrogen) atoms. The van der Waals surface area contributed by atoms with Crippen molar-refractivity contribution in [3.8, 4) is 5.75 Å². The molecule has 0 unspecified atom stereocenters. The van der Waals surface area contributed by atoms with Crippen molar-refractivity contribution in [3.63, 3.8) is 0 Å². The summed E-state index contributed by atoms with van der Waals surface area (Å²) < 4.78 is 37.9. The van der Waals surface area contributed by atoms with Gasteiger partial charge < -0.3 is 14.8 Å². The molecule has 1 amide bonds. The number of amides is 1. The molecule has 154 valence electrons. The smallest absolute Gasteiger partial charge is 0.342 e. The fourth-order valence-corrected chi connectivity index (χ4v) is 4.68. The number of nitrogens with one attached hydrogen (secondary N) is 1. The van der Waals surface area contributed by atoms with E-state index in [2.05, 4.69) is 5.32 Å². The fourth-order valence-electron chi connectivity index (χ4n) is 3.15. The molecular formula is C20H22N2O6S. The number of hydrogen-bond donors (Lipinski definition) is 1. The number of nitrogens with zero attached hydrogens (tertiary/aromatic N) is 1. The van der Waals surface area contributed by atoms with Gasteiger partial charge in [0.05, 0.1) is 17.7 Å². The summed E-state index contributed by atoms with van der Waals surface area (Å²) in [5.41, 5.74) is 1.51. The average Bonchev–Trinajstić information content (AvgIpc) is 3.16. The van der Waals surface area contributed by atoms with Gasteiger partial charge in [-0.1, -0.05) is 18.2 Å². The summed E-state index contributed by atoms with van der Waals surface area (Å²) in [6.07, 6.45) is 0.618. The zero-order valence-corrected chi connectivity index (χ0v) is 17.0. The van der Waals surface area contributed by atoms with Gasteiger partial charge in [0.2, 0.25) is 0 Å². The highest BCUT2D eigenvalue weighted by Crippen LogP contribution is 2.34.